The third-order valence-electron chi connectivity index (χ3n) is 6.73. The van der Waals surface area contributed by atoms with Crippen molar-refractivity contribution >= 4 is 11.8 Å². The minimum Gasteiger partial charge on any atom is -0.394 e. The molecule has 1 aliphatic carbocycles. The van der Waals surface area contributed by atoms with Crippen molar-refractivity contribution in [3.63, 3.8) is 0 Å². The summed E-state index contributed by atoms with van der Waals surface area (Å²) in [6.45, 7) is 2.43. The van der Waals surface area contributed by atoms with Gasteiger partial charge in [-0.3, -0.25) is 9.59 Å². The summed E-state index contributed by atoms with van der Waals surface area (Å²) >= 11 is 0. The monoisotopic (exact) mass is 394 g/mol. The maximum atomic E-state index is 12.5. The lowest BCUT2D eigenvalue weighted by Gasteiger charge is -2.58. The summed E-state index contributed by atoms with van der Waals surface area (Å²) in [6.07, 6.45) is 6.74. The van der Waals surface area contributed by atoms with Crippen LogP contribution in [-0.4, -0.2) is 58.5 Å². The van der Waals surface area contributed by atoms with Gasteiger partial charge in [0.15, 0.2) is 0 Å². The van der Waals surface area contributed by atoms with E-state index < -0.39 is 0 Å². The van der Waals surface area contributed by atoms with Crippen LogP contribution in [0, 0.1) is 17.8 Å². The molecular weight excluding hydrogens is 364 g/mol. The number of hydrogen-bond donors (Lipinski definition) is 1. The molecule has 1 N–H and O–H groups in total. The van der Waals surface area contributed by atoms with E-state index in [0.29, 0.717) is 18.9 Å². The van der Waals surface area contributed by atoms with E-state index in [-0.39, 0.29) is 43.0 Å². The third-order valence-corrected chi connectivity index (χ3v) is 6.73. The van der Waals surface area contributed by atoms with Crippen LogP contribution >= 0.6 is 0 Å². The maximum absolute atomic E-state index is 12.5. The first-order valence-electron chi connectivity index (χ1n) is 10.9. The van der Waals surface area contributed by atoms with Gasteiger partial charge in [-0.15, -0.1) is 0 Å². The molecule has 0 unspecified atom stereocenters. The molecule has 1 saturated carbocycles. The van der Waals surface area contributed by atoms with Gasteiger partial charge in [-0.1, -0.05) is 50.2 Å². The number of aliphatic hydroxyl groups excluding tert-OH is 1. The summed E-state index contributed by atoms with van der Waals surface area (Å²) in [5, 5.41) is 9.88. The maximum Gasteiger partial charge on any atom is 0.242 e. The number of piperazine rings is 1. The first kappa shape index (κ1) is 20.0. The average molecular weight is 395 g/mol. The molecule has 1 aromatic carbocycles. The fourth-order valence-electron chi connectivity index (χ4n) is 5.13. The summed E-state index contributed by atoms with van der Waals surface area (Å²) in [6, 6.07) is 7.97. The molecule has 29 heavy (non-hydrogen) atoms. The molecule has 0 aromatic heterocycles. The predicted molar refractivity (Wildman–Crippen MR) is 111 cm³/mol. The zero-order valence-electron chi connectivity index (χ0n) is 17.1. The lowest BCUT2D eigenvalue weighted by atomic mass is 9.73. The lowest BCUT2D eigenvalue weighted by molar-refractivity contribution is -0.166. The topological polar surface area (TPSA) is 60.9 Å². The molecule has 154 valence electrons. The summed E-state index contributed by atoms with van der Waals surface area (Å²) in [4.78, 5) is 28.1. The molecule has 3 fully saturated rings. The Labute approximate surface area is 173 Å². The number of rotatable bonds is 3. The normalized spacial score (nSPS) is 27.0. The van der Waals surface area contributed by atoms with Crippen LogP contribution in [0.2, 0.25) is 0 Å². The van der Waals surface area contributed by atoms with Gasteiger partial charge in [-0.05, 0) is 30.5 Å². The van der Waals surface area contributed by atoms with Crippen molar-refractivity contribution < 1.29 is 14.7 Å². The average Bonchev–Trinajstić information content (AvgIpc) is 2.74. The predicted octanol–water partition coefficient (Wildman–Crippen LogP) is 2.53. The van der Waals surface area contributed by atoms with E-state index in [0.717, 1.165) is 11.1 Å². The van der Waals surface area contributed by atoms with Crippen molar-refractivity contribution in [3.8, 4) is 11.8 Å². The van der Waals surface area contributed by atoms with Crippen LogP contribution < -0.4 is 0 Å². The molecule has 0 bridgehead atoms. The lowest BCUT2D eigenvalue weighted by Crippen LogP contribution is -2.73. The minimum atomic E-state index is -0.203. The summed E-state index contributed by atoms with van der Waals surface area (Å²) in [5.41, 5.74) is 2.12. The quantitative estimate of drug-likeness (QED) is 0.802. The second-order valence-electron chi connectivity index (χ2n) is 8.50. The van der Waals surface area contributed by atoms with Crippen molar-refractivity contribution in [3.05, 3.63) is 35.4 Å². The molecule has 4 rings (SSSR count). The van der Waals surface area contributed by atoms with Gasteiger partial charge in [0.05, 0.1) is 25.2 Å². The SMILES string of the molecule is CCC(=O)N1CC(=O)N2[C@@H](CO)[C@@H](c3ccc(C#CC4CCCCC4)cc3)[C@@H]2C1. The van der Waals surface area contributed by atoms with Crippen LogP contribution in [0.4, 0.5) is 0 Å². The van der Waals surface area contributed by atoms with Crippen LogP contribution in [-0.2, 0) is 9.59 Å². The number of nitrogens with zero attached hydrogens (tertiary/aromatic N) is 2. The third kappa shape index (κ3) is 3.91. The molecule has 2 saturated heterocycles. The number of aliphatic hydroxyl groups is 1. The van der Waals surface area contributed by atoms with Gasteiger partial charge < -0.3 is 14.9 Å². The van der Waals surface area contributed by atoms with Crippen LogP contribution in [0.1, 0.15) is 62.5 Å². The van der Waals surface area contributed by atoms with E-state index in [1.165, 1.54) is 32.1 Å². The van der Waals surface area contributed by atoms with Crippen LogP contribution in [0.25, 0.3) is 0 Å². The van der Waals surface area contributed by atoms with Gasteiger partial charge in [0, 0.05) is 30.4 Å². The van der Waals surface area contributed by atoms with Crippen LogP contribution in [0.15, 0.2) is 24.3 Å². The van der Waals surface area contributed by atoms with Gasteiger partial charge in [-0.2, -0.15) is 0 Å². The molecule has 1 aromatic rings. The van der Waals surface area contributed by atoms with Crippen molar-refractivity contribution in [2.45, 2.75) is 63.5 Å². The molecule has 3 aliphatic rings. The highest BCUT2D eigenvalue weighted by molar-refractivity contribution is 5.87. The molecule has 2 aliphatic heterocycles. The Morgan fingerprint density at radius 1 is 1.17 bits per heavy atom. The molecular formula is C24H30N2O3. The van der Waals surface area contributed by atoms with E-state index >= 15 is 0 Å². The Balaban J connectivity index is 1.48. The Kier molecular flexibility index (Phi) is 5.91. The Morgan fingerprint density at radius 3 is 2.55 bits per heavy atom. The first-order chi connectivity index (χ1) is 14.1. The Hall–Kier alpha value is -2.32. The van der Waals surface area contributed by atoms with Crippen LogP contribution in [0.5, 0.6) is 0 Å². The standard InChI is InChI=1S/C24H30N2O3/c1-2-22(28)25-14-20-24(21(16-27)26(20)23(29)15-25)19-12-10-18(11-13-19)9-8-17-6-4-3-5-7-17/h10-13,17,20-21,24,27H,2-7,14-16H2,1H3/t20-,21-,24-/m0/s1. The number of amides is 2. The van der Waals surface area contributed by atoms with Crippen molar-refractivity contribution in [2.75, 3.05) is 19.7 Å². The van der Waals surface area contributed by atoms with Gasteiger partial charge in [0.1, 0.15) is 0 Å². The fraction of sp³-hybridized carbons (Fsp3) is 0.583. The van der Waals surface area contributed by atoms with Crippen molar-refractivity contribution in [1.82, 2.24) is 9.80 Å². The molecule has 3 atom stereocenters. The summed E-state index contributed by atoms with van der Waals surface area (Å²) in [7, 11) is 0. The molecule has 5 heteroatoms. The van der Waals surface area contributed by atoms with Gasteiger partial charge in [-0.25, -0.2) is 0 Å². The van der Waals surface area contributed by atoms with Gasteiger partial charge in [0.2, 0.25) is 11.8 Å². The molecule has 5 nitrogen and oxygen atoms in total. The van der Waals surface area contributed by atoms with E-state index in [2.05, 4.69) is 24.0 Å². The minimum absolute atomic E-state index is 0.0116. The highest BCUT2D eigenvalue weighted by Crippen LogP contribution is 2.43. The number of carbonyl (C=O) groups excluding carboxylic acids is 2. The smallest absolute Gasteiger partial charge is 0.242 e. The van der Waals surface area contributed by atoms with Crippen molar-refractivity contribution in [1.29, 1.82) is 0 Å². The molecule has 2 amide bonds. The molecule has 0 radical (unpaired) electrons. The van der Waals surface area contributed by atoms with E-state index in [1.807, 2.05) is 19.1 Å². The van der Waals surface area contributed by atoms with Gasteiger partial charge in [0.25, 0.3) is 0 Å². The Morgan fingerprint density at radius 2 is 1.90 bits per heavy atom. The fourth-order valence-corrected chi connectivity index (χ4v) is 5.13. The highest BCUT2D eigenvalue weighted by atomic mass is 16.3. The second kappa shape index (κ2) is 8.59. The zero-order chi connectivity index (χ0) is 20.4. The van der Waals surface area contributed by atoms with E-state index in [9.17, 15) is 14.7 Å². The first-order valence-corrected chi connectivity index (χ1v) is 10.9. The zero-order valence-corrected chi connectivity index (χ0v) is 17.1. The Bertz CT molecular complexity index is 817. The number of fused-ring (bicyclic) bond motifs is 1. The van der Waals surface area contributed by atoms with Gasteiger partial charge >= 0.3 is 0 Å². The largest absolute Gasteiger partial charge is 0.394 e. The van der Waals surface area contributed by atoms with Crippen LogP contribution in [0.3, 0.4) is 0 Å². The highest BCUT2D eigenvalue weighted by Gasteiger charge is 2.54. The number of hydrogen-bond acceptors (Lipinski definition) is 3. The van der Waals surface area contributed by atoms with Crippen molar-refractivity contribution in [2.24, 2.45) is 5.92 Å². The number of benzene rings is 1. The summed E-state index contributed by atoms with van der Waals surface area (Å²) in [5.74, 6) is 7.27. The number of carbonyl (C=O) groups is 2. The van der Waals surface area contributed by atoms with E-state index in [1.54, 1.807) is 9.80 Å². The van der Waals surface area contributed by atoms with E-state index in [4.69, 9.17) is 0 Å². The summed E-state index contributed by atoms with van der Waals surface area (Å²) < 4.78 is 0. The molecule has 2 heterocycles. The molecule has 0 spiro atoms. The second-order valence-corrected chi connectivity index (χ2v) is 8.50.